The average molecular weight is 463 g/mol. The molecule has 1 aliphatic heterocycles. The topological polar surface area (TPSA) is 124 Å². The summed E-state index contributed by atoms with van der Waals surface area (Å²) in [6, 6.07) is 5.12. The summed E-state index contributed by atoms with van der Waals surface area (Å²) in [5.41, 5.74) is 4.98. The molecule has 3 aromatic rings. The monoisotopic (exact) mass is 463 g/mol. The number of amides is 2. The van der Waals surface area contributed by atoms with E-state index in [-0.39, 0.29) is 54.0 Å². The van der Waals surface area contributed by atoms with Crippen molar-refractivity contribution in [2.75, 3.05) is 26.7 Å². The molecule has 0 atom stereocenters. The van der Waals surface area contributed by atoms with E-state index in [0.29, 0.717) is 24.0 Å². The molecule has 4 rings (SSSR count). The first-order chi connectivity index (χ1) is 15.7. The van der Waals surface area contributed by atoms with Gasteiger partial charge in [-0.1, -0.05) is 0 Å². The fourth-order valence-corrected chi connectivity index (χ4v) is 3.59. The fraction of sp³-hybridized carbons (Fsp3) is 0.333. The van der Waals surface area contributed by atoms with Crippen LogP contribution < -0.4 is 15.8 Å². The Kier molecular flexibility index (Phi) is 5.93. The number of rotatable bonds is 4. The third-order valence-electron chi connectivity index (χ3n) is 5.25. The number of hydrogen-bond donors (Lipinski definition) is 2. The van der Waals surface area contributed by atoms with Crippen LogP contribution in [0.2, 0.25) is 0 Å². The second kappa shape index (κ2) is 8.70. The maximum atomic E-state index is 13.2. The van der Waals surface area contributed by atoms with E-state index in [1.165, 1.54) is 24.1 Å². The maximum Gasteiger partial charge on any atom is 0.433 e. The quantitative estimate of drug-likeness (QED) is 0.609. The summed E-state index contributed by atoms with van der Waals surface area (Å²) in [6.45, 7) is 0.700. The third-order valence-corrected chi connectivity index (χ3v) is 5.25. The van der Waals surface area contributed by atoms with Gasteiger partial charge in [0.1, 0.15) is 17.0 Å². The third kappa shape index (κ3) is 4.33. The predicted molar refractivity (Wildman–Crippen MR) is 110 cm³/mol. The van der Waals surface area contributed by atoms with Crippen LogP contribution in [0.3, 0.4) is 0 Å². The molecule has 0 aliphatic carbocycles. The van der Waals surface area contributed by atoms with Crippen molar-refractivity contribution >= 4 is 22.7 Å². The van der Waals surface area contributed by atoms with E-state index in [1.807, 2.05) is 0 Å². The number of fused-ring (bicyclic) bond motifs is 1. The first kappa shape index (κ1) is 22.5. The van der Waals surface area contributed by atoms with Crippen molar-refractivity contribution in [3.05, 3.63) is 41.4 Å². The summed E-state index contributed by atoms with van der Waals surface area (Å²) < 4.78 is 50.5. The molecule has 2 aromatic heterocycles. The number of aromatic nitrogens is 2. The molecule has 1 saturated heterocycles. The first-order valence-electron chi connectivity index (χ1n) is 10.0. The average Bonchev–Trinajstić information content (AvgIpc) is 3.11. The van der Waals surface area contributed by atoms with Crippen molar-refractivity contribution < 1.29 is 31.9 Å². The molecule has 1 aliphatic rings. The highest BCUT2D eigenvalue weighted by Crippen LogP contribution is 2.37. The van der Waals surface area contributed by atoms with Gasteiger partial charge in [-0.15, -0.1) is 0 Å². The molecular formula is C21H20F3N5O4. The number of ether oxygens (including phenoxy) is 1. The van der Waals surface area contributed by atoms with Gasteiger partial charge in [-0.2, -0.15) is 13.2 Å². The molecule has 3 heterocycles. The van der Waals surface area contributed by atoms with E-state index < -0.39 is 17.8 Å². The Morgan fingerprint density at radius 3 is 2.73 bits per heavy atom. The molecular weight excluding hydrogens is 443 g/mol. The van der Waals surface area contributed by atoms with Gasteiger partial charge in [-0.25, -0.2) is 9.97 Å². The lowest BCUT2D eigenvalue weighted by atomic mass is 10.1. The fourth-order valence-electron chi connectivity index (χ4n) is 3.59. The number of halogens is 3. The summed E-state index contributed by atoms with van der Waals surface area (Å²) >= 11 is 0. The van der Waals surface area contributed by atoms with Gasteiger partial charge in [0, 0.05) is 37.0 Å². The Labute approximate surface area is 185 Å². The van der Waals surface area contributed by atoms with Crippen molar-refractivity contribution in [1.82, 2.24) is 20.2 Å². The smallest absolute Gasteiger partial charge is 0.433 e. The van der Waals surface area contributed by atoms with Crippen LogP contribution >= 0.6 is 0 Å². The van der Waals surface area contributed by atoms with Crippen LogP contribution in [0.5, 0.6) is 5.75 Å². The molecule has 12 heteroatoms. The number of oxazole rings is 1. The second-order valence-corrected chi connectivity index (χ2v) is 7.29. The van der Waals surface area contributed by atoms with Crippen LogP contribution in [0.15, 0.2) is 28.7 Å². The van der Waals surface area contributed by atoms with Crippen LogP contribution in [-0.2, 0) is 17.5 Å². The predicted octanol–water partition coefficient (Wildman–Crippen LogP) is 2.34. The minimum atomic E-state index is -4.63. The van der Waals surface area contributed by atoms with Crippen LogP contribution in [0.25, 0.3) is 22.4 Å². The molecule has 3 N–H and O–H groups in total. The van der Waals surface area contributed by atoms with Crippen molar-refractivity contribution in [3.63, 3.8) is 0 Å². The molecule has 33 heavy (non-hydrogen) atoms. The number of nitrogens with one attached hydrogen (secondary N) is 1. The molecule has 0 radical (unpaired) electrons. The highest BCUT2D eigenvalue weighted by Gasteiger charge is 2.33. The lowest BCUT2D eigenvalue weighted by Gasteiger charge is -2.18. The lowest BCUT2D eigenvalue weighted by Crippen LogP contribution is -2.35. The largest absolute Gasteiger partial charge is 0.494 e. The molecule has 1 aromatic carbocycles. The number of carbonyl (C=O) groups is 2. The molecule has 1 fully saturated rings. The highest BCUT2D eigenvalue weighted by atomic mass is 19.4. The van der Waals surface area contributed by atoms with Gasteiger partial charge in [-0.05, 0) is 24.3 Å². The lowest BCUT2D eigenvalue weighted by molar-refractivity contribution is -0.141. The van der Waals surface area contributed by atoms with Gasteiger partial charge in [0.25, 0.3) is 5.91 Å². The van der Waals surface area contributed by atoms with E-state index in [0.717, 1.165) is 6.07 Å². The number of methoxy groups -OCH3 is 1. The van der Waals surface area contributed by atoms with Crippen LogP contribution in [0, 0.1) is 0 Å². The van der Waals surface area contributed by atoms with Gasteiger partial charge in [0.05, 0.1) is 13.7 Å². The van der Waals surface area contributed by atoms with Crippen molar-refractivity contribution in [2.45, 2.75) is 19.1 Å². The zero-order valence-corrected chi connectivity index (χ0v) is 17.5. The zero-order chi connectivity index (χ0) is 23.8. The normalized spacial score (nSPS) is 14.8. The Bertz CT molecular complexity index is 1220. The Morgan fingerprint density at radius 2 is 2.03 bits per heavy atom. The Hall–Kier alpha value is -3.67. The summed E-state index contributed by atoms with van der Waals surface area (Å²) in [6.07, 6.45) is -4.47. The maximum absolute atomic E-state index is 13.2. The van der Waals surface area contributed by atoms with Gasteiger partial charge in [0.2, 0.25) is 11.8 Å². The van der Waals surface area contributed by atoms with Gasteiger partial charge < -0.3 is 25.1 Å². The first-order valence-corrected chi connectivity index (χ1v) is 10.0. The zero-order valence-electron chi connectivity index (χ0n) is 17.5. The van der Waals surface area contributed by atoms with E-state index in [1.54, 1.807) is 6.07 Å². The number of carbonyl (C=O) groups excluding carboxylic acids is 2. The Morgan fingerprint density at radius 1 is 1.24 bits per heavy atom. The number of alkyl halides is 3. The van der Waals surface area contributed by atoms with E-state index in [2.05, 4.69) is 15.3 Å². The minimum Gasteiger partial charge on any atom is -0.494 e. The number of hydrogen-bond acceptors (Lipinski definition) is 7. The van der Waals surface area contributed by atoms with Crippen molar-refractivity contribution in [1.29, 1.82) is 0 Å². The molecule has 9 nitrogen and oxygen atoms in total. The number of nitrogens with two attached hydrogens (primary N) is 1. The summed E-state index contributed by atoms with van der Waals surface area (Å²) in [4.78, 5) is 34.1. The highest BCUT2D eigenvalue weighted by molar-refractivity contribution is 5.98. The van der Waals surface area contributed by atoms with E-state index >= 15 is 0 Å². The summed E-state index contributed by atoms with van der Waals surface area (Å²) in [5.74, 6) is -0.319. The summed E-state index contributed by atoms with van der Waals surface area (Å²) in [7, 11) is 1.33. The van der Waals surface area contributed by atoms with Crippen molar-refractivity contribution in [3.8, 4) is 17.2 Å². The van der Waals surface area contributed by atoms with Crippen molar-refractivity contribution in [2.24, 2.45) is 5.73 Å². The van der Waals surface area contributed by atoms with Gasteiger partial charge >= 0.3 is 6.18 Å². The minimum absolute atomic E-state index is 0.00862. The molecule has 2 amide bonds. The van der Waals surface area contributed by atoms with Gasteiger partial charge in [0.15, 0.2) is 11.5 Å². The van der Waals surface area contributed by atoms with Gasteiger partial charge in [-0.3, -0.25) is 9.59 Å². The second-order valence-electron chi connectivity index (χ2n) is 7.29. The molecule has 0 bridgehead atoms. The van der Waals surface area contributed by atoms with E-state index in [9.17, 15) is 22.8 Å². The molecule has 0 saturated carbocycles. The summed E-state index contributed by atoms with van der Waals surface area (Å²) in [5, 5.41) is 2.99. The molecule has 0 unspecified atom stereocenters. The van der Waals surface area contributed by atoms with Crippen LogP contribution in [-0.4, -0.2) is 53.4 Å². The number of nitrogens with zero attached hydrogens (tertiary/aromatic N) is 3. The van der Waals surface area contributed by atoms with Crippen LogP contribution in [0.1, 0.15) is 28.4 Å². The Balaban J connectivity index is 1.78. The van der Waals surface area contributed by atoms with E-state index in [4.69, 9.17) is 14.9 Å². The molecule has 0 spiro atoms. The molecule has 174 valence electrons. The SMILES string of the molecule is COc1ccc(-c2nc(C(=O)N3CCNC(=O)CC3)c(CN)o2)c2ccc(C(F)(F)F)nc12. The number of pyridine rings is 1. The number of benzene rings is 1. The van der Waals surface area contributed by atoms with Crippen LogP contribution in [0.4, 0.5) is 13.2 Å². The standard InChI is InChI=1S/C21H20F3N5O4/c1-32-13-4-2-12(11-3-5-15(21(22,23)24)27-17(11)13)19-28-18(14(10-25)33-19)20(31)29-8-6-16(30)26-7-9-29/h2-5H,6-10,25H2,1H3,(H,26,30).